The average Bonchev–Trinajstić information content (AvgIpc) is 3.11. The second kappa shape index (κ2) is 7.98. The second-order valence-electron chi connectivity index (χ2n) is 6.48. The van der Waals surface area contributed by atoms with Crippen LogP contribution in [-0.4, -0.2) is 37.4 Å². The Morgan fingerprint density at radius 2 is 2.07 bits per heavy atom. The standard InChI is InChI=1S/C21H20N4O2S/c1-3-27-20(26)18(12-15-8-6-7-14(2)11-15)28-21-23-19-16-9-4-5-10-17(16)22-13-25(19)24-21/h4-11,13,18H,3,12H2,1-2H3/t18-/m1/s1. The molecule has 0 fully saturated rings. The number of nitrogens with zero attached hydrogens (tertiary/aromatic N) is 4. The fourth-order valence-electron chi connectivity index (χ4n) is 3.10. The Hall–Kier alpha value is -2.93. The van der Waals surface area contributed by atoms with Crippen molar-refractivity contribution in [2.24, 2.45) is 0 Å². The van der Waals surface area contributed by atoms with Crippen molar-refractivity contribution in [2.45, 2.75) is 30.7 Å². The second-order valence-corrected chi connectivity index (χ2v) is 7.65. The van der Waals surface area contributed by atoms with E-state index in [1.54, 1.807) is 10.8 Å². The molecule has 2 aromatic carbocycles. The number of hydrogen-bond acceptors (Lipinski definition) is 6. The van der Waals surface area contributed by atoms with Gasteiger partial charge in [-0.3, -0.25) is 4.79 Å². The highest BCUT2D eigenvalue weighted by Gasteiger charge is 2.24. The van der Waals surface area contributed by atoms with Crippen molar-refractivity contribution in [2.75, 3.05) is 6.61 Å². The average molecular weight is 392 g/mol. The molecule has 0 aliphatic carbocycles. The predicted octanol–water partition coefficient (Wildman–Crippen LogP) is 3.85. The molecule has 6 nitrogen and oxygen atoms in total. The third-order valence-electron chi connectivity index (χ3n) is 4.36. The minimum absolute atomic E-state index is 0.254. The largest absolute Gasteiger partial charge is 0.465 e. The number of aromatic nitrogens is 4. The molecular weight excluding hydrogens is 372 g/mol. The van der Waals surface area contributed by atoms with Crippen LogP contribution in [0, 0.1) is 6.92 Å². The van der Waals surface area contributed by atoms with Crippen molar-refractivity contribution in [3.63, 3.8) is 0 Å². The zero-order valence-electron chi connectivity index (χ0n) is 15.7. The molecule has 0 aliphatic heterocycles. The summed E-state index contributed by atoms with van der Waals surface area (Å²) in [5.74, 6) is -0.254. The van der Waals surface area contributed by atoms with Gasteiger partial charge >= 0.3 is 5.97 Å². The summed E-state index contributed by atoms with van der Waals surface area (Å²) in [4.78, 5) is 21.6. The molecule has 1 atom stereocenters. The zero-order valence-corrected chi connectivity index (χ0v) is 16.5. The van der Waals surface area contributed by atoms with Gasteiger partial charge in [0.2, 0.25) is 5.16 Å². The van der Waals surface area contributed by atoms with Gasteiger partial charge in [-0.1, -0.05) is 53.7 Å². The summed E-state index contributed by atoms with van der Waals surface area (Å²) >= 11 is 1.33. The number of ether oxygens (including phenoxy) is 1. The number of carbonyl (C=O) groups is 1. The monoisotopic (exact) mass is 392 g/mol. The SMILES string of the molecule is CCOC(=O)[C@@H](Cc1cccc(C)c1)Sc1nc2c3ccccc3ncn2n1. The van der Waals surface area contributed by atoms with Gasteiger partial charge in [-0.25, -0.2) is 14.5 Å². The summed E-state index contributed by atoms with van der Waals surface area (Å²) in [6, 6.07) is 15.9. The number of esters is 1. The van der Waals surface area contributed by atoms with Crippen LogP contribution in [0.1, 0.15) is 18.1 Å². The third-order valence-corrected chi connectivity index (χ3v) is 5.39. The fourth-order valence-corrected chi connectivity index (χ4v) is 4.07. The van der Waals surface area contributed by atoms with Gasteiger partial charge in [-0.2, -0.15) is 0 Å². The van der Waals surface area contributed by atoms with Crippen LogP contribution in [0.5, 0.6) is 0 Å². The lowest BCUT2D eigenvalue weighted by molar-refractivity contribution is -0.142. The summed E-state index contributed by atoms with van der Waals surface area (Å²) in [5.41, 5.74) is 3.84. The summed E-state index contributed by atoms with van der Waals surface area (Å²) in [5, 5.41) is 5.54. The highest BCUT2D eigenvalue weighted by atomic mass is 32.2. The molecule has 0 unspecified atom stereocenters. The molecule has 0 saturated carbocycles. The molecule has 2 aromatic heterocycles. The molecule has 0 saturated heterocycles. The van der Waals surface area contributed by atoms with Crippen molar-refractivity contribution in [1.82, 2.24) is 19.6 Å². The number of carbonyl (C=O) groups excluding carboxylic acids is 1. The molecule has 0 aliphatic rings. The van der Waals surface area contributed by atoms with Crippen LogP contribution in [0.2, 0.25) is 0 Å². The van der Waals surface area contributed by atoms with E-state index in [9.17, 15) is 4.79 Å². The normalized spacial score (nSPS) is 12.4. The smallest absolute Gasteiger partial charge is 0.319 e. The van der Waals surface area contributed by atoms with Crippen molar-refractivity contribution in [3.8, 4) is 0 Å². The molecule has 0 amide bonds. The molecule has 0 radical (unpaired) electrons. The van der Waals surface area contributed by atoms with E-state index in [1.807, 2.05) is 56.3 Å². The highest BCUT2D eigenvalue weighted by Crippen LogP contribution is 2.26. The Balaban J connectivity index is 1.65. The van der Waals surface area contributed by atoms with Gasteiger partial charge in [-0.05, 0) is 38.0 Å². The minimum Gasteiger partial charge on any atom is -0.465 e. The Labute approximate surface area is 167 Å². The minimum atomic E-state index is -0.418. The summed E-state index contributed by atoms with van der Waals surface area (Å²) in [6.45, 7) is 4.20. The predicted molar refractivity (Wildman–Crippen MR) is 109 cm³/mol. The summed E-state index contributed by atoms with van der Waals surface area (Å²) in [6.07, 6.45) is 2.20. The lowest BCUT2D eigenvalue weighted by Gasteiger charge is -2.13. The maximum Gasteiger partial charge on any atom is 0.319 e. The first-order valence-electron chi connectivity index (χ1n) is 9.13. The Kier molecular flexibility index (Phi) is 5.25. The first-order chi connectivity index (χ1) is 13.6. The van der Waals surface area contributed by atoms with Crippen LogP contribution in [0.3, 0.4) is 0 Å². The molecule has 0 N–H and O–H groups in total. The number of thioether (sulfide) groups is 1. The quantitative estimate of drug-likeness (QED) is 0.367. The number of fused-ring (bicyclic) bond motifs is 3. The van der Waals surface area contributed by atoms with E-state index in [1.165, 1.54) is 11.8 Å². The molecule has 4 rings (SSSR count). The molecule has 0 bridgehead atoms. The topological polar surface area (TPSA) is 69.4 Å². The van der Waals surface area contributed by atoms with E-state index in [-0.39, 0.29) is 5.97 Å². The molecule has 4 aromatic rings. The first-order valence-corrected chi connectivity index (χ1v) is 10.0. The van der Waals surface area contributed by atoms with E-state index in [4.69, 9.17) is 4.74 Å². The summed E-state index contributed by atoms with van der Waals surface area (Å²) < 4.78 is 6.94. The highest BCUT2D eigenvalue weighted by molar-refractivity contribution is 8.00. The van der Waals surface area contributed by atoms with E-state index in [0.29, 0.717) is 18.2 Å². The van der Waals surface area contributed by atoms with Crippen LogP contribution >= 0.6 is 11.8 Å². The molecule has 7 heteroatoms. The number of benzene rings is 2. The van der Waals surface area contributed by atoms with Gasteiger partial charge in [-0.15, -0.1) is 5.10 Å². The van der Waals surface area contributed by atoms with Crippen molar-refractivity contribution in [3.05, 3.63) is 66.0 Å². The van der Waals surface area contributed by atoms with Crippen molar-refractivity contribution < 1.29 is 9.53 Å². The van der Waals surface area contributed by atoms with Gasteiger partial charge in [0.25, 0.3) is 0 Å². The van der Waals surface area contributed by atoms with Crippen LogP contribution < -0.4 is 0 Å². The molecular formula is C21H20N4O2S. The number of aryl methyl sites for hydroxylation is 1. The van der Waals surface area contributed by atoms with E-state index >= 15 is 0 Å². The van der Waals surface area contributed by atoms with E-state index in [2.05, 4.69) is 21.1 Å². The number of para-hydroxylation sites is 1. The van der Waals surface area contributed by atoms with Gasteiger partial charge in [0.15, 0.2) is 5.65 Å². The zero-order chi connectivity index (χ0) is 19.5. The Morgan fingerprint density at radius 3 is 2.89 bits per heavy atom. The lowest BCUT2D eigenvalue weighted by Crippen LogP contribution is -2.23. The van der Waals surface area contributed by atoms with E-state index < -0.39 is 5.25 Å². The first kappa shape index (κ1) is 18.4. The van der Waals surface area contributed by atoms with Crippen LogP contribution in [0.15, 0.2) is 60.0 Å². The lowest BCUT2D eigenvalue weighted by atomic mass is 10.1. The van der Waals surface area contributed by atoms with Crippen LogP contribution in [0.4, 0.5) is 0 Å². The fraction of sp³-hybridized carbons (Fsp3) is 0.238. The van der Waals surface area contributed by atoms with Gasteiger partial charge in [0, 0.05) is 5.39 Å². The third kappa shape index (κ3) is 3.84. The number of rotatable bonds is 6. The molecule has 2 heterocycles. The number of hydrogen-bond donors (Lipinski definition) is 0. The van der Waals surface area contributed by atoms with Gasteiger partial charge in [0.05, 0.1) is 12.1 Å². The maximum absolute atomic E-state index is 12.5. The molecule has 142 valence electrons. The van der Waals surface area contributed by atoms with Crippen LogP contribution in [0.25, 0.3) is 16.6 Å². The Morgan fingerprint density at radius 1 is 1.21 bits per heavy atom. The molecule has 0 spiro atoms. The summed E-state index contributed by atoms with van der Waals surface area (Å²) in [7, 11) is 0. The van der Waals surface area contributed by atoms with Crippen molar-refractivity contribution >= 4 is 34.3 Å². The van der Waals surface area contributed by atoms with Crippen LogP contribution in [-0.2, 0) is 16.0 Å². The van der Waals surface area contributed by atoms with Gasteiger partial charge < -0.3 is 4.74 Å². The van der Waals surface area contributed by atoms with E-state index in [0.717, 1.165) is 27.7 Å². The maximum atomic E-state index is 12.5. The van der Waals surface area contributed by atoms with Crippen molar-refractivity contribution in [1.29, 1.82) is 0 Å². The van der Waals surface area contributed by atoms with Gasteiger partial charge in [0.1, 0.15) is 11.6 Å². The molecule has 28 heavy (non-hydrogen) atoms. The Bertz CT molecular complexity index is 1140.